The van der Waals surface area contributed by atoms with Crippen molar-refractivity contribution >= 4 is 5.78 Å². The number of rotatable bonds is 8. The van der Waals surface area contributed by atoms with E-state index in [1.165, 1.54) is 0 Å². The molecule has 0 aromatic rings. The predicted molar refractivity (Wildman–Crippen MR) is 62.9 cm³/mol. The SMILES string of the molecule is CCC(CC)NCC(=O)C(O)(CC)CC. The Bertz CT molecular complexity index is 184. The first-order valence-electron chi connectivity index (χ1n) is 6.03. The topological polar surface area (TPSA) is 49.3 Å². The van der Waals surface area contributed by atoms with Crippen LogP contribution in [0, 0.1) is 0 Å². The highest BCUT2D eigenvalue weighted by molar-refractivity contribution is 5.88. The van der Waals surface area contributed by atoms with Gasteiger partial charge < -0.3 is 10.4 Å². The van der Waals surface area contributed by atoms with Crippen molar-refractivity contribution in [3.8, 4) is 0 Å². The lowest BCUT2D eigenvalue weighted by Crippen LogP contribution is -2.45. The van der Waals surface area contributed by atoms with Gasteiger partial charge in [0.05, 0.1) is 6.54 Å². The molecule has 0 rings (SSSR count). The van der Waals surface area contributed by atoms with Crippen LogP contribution in [-0.2, 0) is 4.79 Å². The quantitative estimate of drug-likeness (QED) is 0.650. The van der Waals surface area contributed by atoms with Crippen molar-refractivity contribution in [2.24, 2.45) is 0 Å². The number of nitrogens with one attached hydrogen (secondary N) is 1. The Morgan fingerprint density at radius 3 is 2.00 bits per heavy atom. The van der Waals surface area contributed by atoms with Crippen molar-refractivity contribution in [3.05, 3.63) is 0 Å². The fourth-order valence-corrected chi connectivity index (χ4v) is 1.62. The first-order valence-corrected chi connectivity index (χ1v) is 6.03. The summed E-state index contributed by atoms with van der Waals surface area (Å²) in [4.78, 5) is 11.8. The Labute approximate surface area is 93.3 Å². The molecule has 0 heterocycles. The maximum Gasteiger partial charge on any atom is 0.177 e. The van der Waals surface area contributed by atoms with Gasteiger partial charge in [-0.2, -0.15) is 0 Å². The molecule has 0 saturated heterocycles. The molecule has 0 aliphatic heterocycles. The molecule has 0 aliphatic carbocycles. The van der Waals surface area contributed by atoms with Crippen LogP contribution < -0.4 is 5.32 Å². The summed E-state index contributed by atoms with van der Waals surface area (Å²) in [5.41, 5.74) is -1.13. The molecule has 0 amide bonds. The fourth-order valence-electron chi connectivity index (χ4n) is 1.62. The molecule has 3 nitrogen and oxygen atoms in total. The van der Waals surface area contributed by atoms with Gasteiger partial charge in [0.15, 0.2) is 5.78 Å². The Hall–Kier alpha value is -0.410. The molecule has 0 unspecified atom stereocenters. The smallest absolute Gasteiger partial charge is 0.177 e. The molecule has 0 spiro atoms. The summed E-state index contributed by atoms with van der Waals surface area (Å²) in [6, 6.07) is 0.381. The zero-order valence-corrected chi connectivity index (χ0v) is 10.5. The summed E-state index contributed by atoms with van der Waals surface area (Å²) in [6.07, 6.45) is 3.01. The third kappa shape index (κ3) is 4.31. The Morgan fingerprint density at radius 1 is 1.20 bits per heavy atom. The standard InChI is InChI=1S/C12H25NO2/c1-5-10(6-2)13-9-11(14)12(15,7-3)8-4/h10,13,15H,5-9H2,1-4H3. The summed E-state index contributed by atoms with van der Waals surface area (Å²) in [6.45, 7) is 8.16. The van der Waals surface area contributed by atoms with Gasteiger partial charge in [-0.1, -0.05) is 27.7 Å². The molecule has 3 heteroatoms. The van der Waals surface area contributed by atoms with Gasteiger partial charge in [0, 0.05) is 6.04 Å². The highest BCUT2D eigenvalue weighted by Gasteiger charge is 2.31. The minimum absolute atomic E-state index is 0.0839. The normalized spacial score (nSPS) is 12.1. The molecule has 0 aromatic heterocycles. The molecule has 15 heavy (non-hydrogen) atoms. The summed E-state index contributed by atoms with van der Waals surface area (Å²) in [5.74, 6) is -0.0839. The van der Waals surface area contributed by atoms with E-state index in [1.807, 2.05) is 13.8 Å². The molecule has 0 bridgehead atoms. The van der Waals surface area contributed by atoms with Crippen molar-refractivity contribution in [1.82, 2.24) is 5.32 Å². The second kappa shape index (κ2) is 6.96. The van der Waals surface area contributed by atoms with Crippen LogP contribution in [0.5, 0.6) is 0 Å². The number of ketones is 1. The lowest BCUT2D eigenvalue weighted by Gasteiger charge is -2.25. The van der Waals surface area contributed by atoms with E-state index in [-0.39, 0.29) is 12.3 Å². The molecule has 2 N–H and O–H groups in total. The number of hydrogen-bond acceptors (Lipinski definition) is 3. The number of carbonyl (C=O) groups is 1. The minimum atomic E-state index is -1.13. The molecule has 0 atom stereocenters. The van der Waals surface area contributed by atoms with E-state index in [0.29, 0.717) is 18.9 Å². The molecule has 0 radical (unpaired) electrons. The fraction of sp³-hybridized carbons (Fsp3) is 0.917. The monoisotopic (exact) mass is 215 g/mol. The van der Waals surface area contributed by atoms with Gasteiger partial charge in [-0.25, -0.2) is 0 Å². The molecular weight excluding hydrogens is 190 g/mol. The van der Waals surface area contributed by atoms with Gasteiger partial charge in [-0.15, -0.1) is 0 Å². The lowest BCUT2D eigenvalue weighted by atomic mass is 9.92. The zero-order valence-electron chi connectivity index (χ0n) is 10.5. The predicted octanol–water partition coefficient (Wildman–Crippen LogP) is 1.88. The summed E-state index contributed by atoms with van der Waals surface area (Å²) >= 11 is 0. The van der Waals surface area contributed by atoms with E-state index in [0.717, 1.165) is 12.8 Å². The van der Waals surface area contributed by atoms with Crippen molar-refractivity contribution in [1.29, 1.82) is 0 Å². The van der Waals surface area contributed by atoms with E-state index in [9.17, 15) is 9.90 Å². The second-order valence-electron chi connectivity index (χ2n) is 4.06. The Morgan fingerprint density at radius 2 is 1.67 bits per heavy atom. The van der Waals surface area contributed by atoms with Crippen molar-refractivity contribution in [3.63, 3.8) is 0 Å². The van der Waals surface area contributed by atoms with Gasteiger partial charge in [0.1, 0.15) is 5.60 Å². The van der Waals surface area contributed by atoms with E-state index in [4.69, 9.17) is 0 Å². The first kappa shape index (κ1) is 14.6. The third-order valence-electron chi connectivity index (χ3n) is 3.23. The van der Waals surface area contributed by atoms with Crippen LogP contribution in [0.15, 0.2) is 0 Å². The Balaban J connectivity index is 4.12. The first-order chi connectivity index (χ1) is 7.03. The van der Waals surface area contributed by atoms with E-state index < -0.39 is 5.60 Å². The van der Waals surface area contributed by atoms with Crippen LogP contribution in [0.25, 0.3) is 0 Å². The molecule has 0 aromatic carbocycles. The zero-order chi connectivity index (χ0) is 11.9. The maximum absolute atomic E-state index is 11.8. The van der Waals surface area contributed by atoms with E-state index in [2.05, 4.69) is 19.2 Å². The van der Waals surface area contributed by atoms with Crippen LogP contribution in [0.2, 0.25) is 0 Å². The van der Waals surface area contributed by atoms with Gasteiger partial charge in [-0.3, -0.25) is 4.79 Å². The molecule has 0 aliphatic rings. The number of aliphatic hydroxyl groups is 1. The van der Waals surface area contributed by atoms with Crippen LogP contribution in [-0.4, -0.2) is 29.1 Å². The van der Waals surface area contributed by atoms with E-state index in [1.54, 1.807) is 0 Å². The third-order valence-corrected chi connectivity index (χ3v) is 3.23. The average Bonchev–Trinajstić information content (AvgIpc) is 2.29. The molecular formula is C12H25NO2. The number of hydrogen-bond donors (Lipinski definition) is 2. The van der Waals surface area contributed by atoms with Gasteiger partial charge in [0.25, 0.3) is 0 Å². The van der Waals surface area contributed by atoms with Crippen molar-refractivity contribution in [2.45, 2.75) is 65.0 Å². The molecule has 90 valence electrons. The van der Waals surface area contributed by atoms with Gasteiger partial charge >= 0.3 is 0 Å². The van der Waals surface area contributed by atoms with Crippen LogP contribution >= 0.6 is 0 Å². The summed E-state index contributed by atoms with van der Waals surface area (Å²) in [5, 5.41) is 13.1. The highest BCUT2D eigenvalue weighted by Crippen LogP contribution is 2.15. The second-order valence-corrected chi connectivity index (χ2v) is 4.06. The minimum Gasteiger partial charge on any atom is -0.382 e. The molecule has 0 saturated carbocycles. The van der Waals surface area contributed by atoms with Crippen LogP contribution in [0.4, 0.5) is 0 Å². The van der Waals surface area contributed by atoms with Crippen LogP contribution in [0.3, 0.4) is 0 Å². The van der Waals surface area contributed by atoms with E-state index >= 15 is 0 Å². The average molecular weight is 215 g/mol. The van der Waals surface area contributed by atoms with Gasteiger partial charge in [0.2, 0.25) is 0 Å². The lowest BCUT2D eigenvalue weighted by molar-refractivity contribution is -0.137. The van der Waals surface area contributed by atoms with Crippen molar-refractivity contribution < 1.29 is 9.90 Å². The van der Waals surface area contributed by atoms with Gasteiger partial charge in [-0.05, 0) is 25.7 Å². The molecule has 0 fully saturated rings. The summed E-state index contributed by atoms with van der Waals surface area (Å²) < 4.78 is 0. The Kier molecular flexibility index (Phi) is 6.77. The number of Topliss-reactive ketones (excluding diaryl/α,β-unsaturated/α-hetero) is 1. The van der Waals surface area contributed by atoms with Crippen molar-refractivity contribution in [2.75, 3.05) is 6.54 Å². The largest absolute Gasteiger partial charge is 0.382 e. The van der Waals surface area contributed by atoms with Crippen LogP contribution in [0.1, 0.15) is 53.4 Å². The summed E-state index contributed by atoms with van der Waals surface area (Å²) in [7, 11) is 0. The maximum atomic E-state index is 11.8. The number of carbonyl (C=O) groups excluding carboxylic acids is 1. The highest BCUT2D eigenvalue weighted by atomic mass is 16.3.